The highest BCUT2D eigenvalue weighted by Crippen LogP contribution is 2.45. The van der Waals surface area contributed by atoms with Crippen LogP contribution in [0.25, 0.3) is 127 Å². The average molecular weight is 834 g/mol. The van der Waals surface area contributed by atoms with Gasteiger partial charge in [0.15, 0.2) is 0 Å². The molecule has 0 radical (unpaired) electrons. The van der Waals surface area contributed by atoms with E-state index in [0.29, 0.717) is 33.5 Å². The zero-order valence-electron chi connectivity index (χ0n) is 49.1. The van der Waals surface area contributed by atoms with Crippen LogP contribution in [0.3, 0.4) is 0 Å². The molecule has 0 atom stereocenters. The van der Waals surface area contributed by atoms with Crippen molar-refractivity contribution < 1.29 is 26.3 Å². The minimum atomic E-state index is -0.702. The summed E-state index contributed by atoms with van der Waals surface area (Å²) in [5, 5.41) is 2.33. The molecule has 14 rings (SSSR count). The lowest BCUT2D eigenvalue weighted by molar-refractivity contribution is 0.669. The van der Waals surface area contributed by atoms with Gasteiger partial charge >= 0.3 is 0 Å². The van der Waals surface area contributed by atoms with Crippen molar-refractivity contribution in [2.75, 3.05) is 0 Å². The average Bonchev–Trinajstić information content (AvgIpc) is 4.38. The zero-order chi connectivity index (χ0) is 55.8. The number of furan rings is 1. The first-order valence-corrected chi connectivity index (χ1v) is 20.4. The van der Waals surface area contributed by atoms with Gasteiger partial charge in [-0.1, -0.05) is 151 Å². The summed E-state index contributed by atoms with van der Waals surface area (Å²) in [5.41, 5.74) is 3.76. The first kappa shape index (κ1) is 22.9. The van der Waals surface area contributed by atoms with E-state index in [4.69, 9.17) is 25.4 Å². The molecule has 298 valence electrons. The monoisotopic (exact) mass is 833 g/mol. The zero-order valence-corrected chi connectivity index (χ0v) is 33.1. The number of nitrogens with zero attached hydrogens (tertiary/aromatic N) is 5. The molecule has 0 aliphatic rings. The Morgan fingerprint density at radius 1 is 0.391 bits per heavy atom. The molecule has 5 aromatic heterocycles. The molecule has 0 bridgehead atoms. The Balaban J connectivity index is 1.26. The van der Waals surface area contributed by atoms with Crippen LogP contribution in [0, 0.1) is 0 Å². The highest BCUT2D eigenvalue weighted by atomic mass is 16.3. The molecule has 0 saturated heterocycles. The second kappa shape index (κ2) is 13.4. The summed E-state index contributed by atoms with van der Waals surface area (Å²) in [6, 6.07) is 25.6. The molecular weight excluding hydrogens is 783 g/mol. The maximum atomic E-state index is 9.51. The molecule has 6 heteroatoms. The van der Waals surface area contributed by atoms with Gasteiger partial charge in [-0.3, -0.25) is 9.13 Å². The van der Waals surface area contributed by atoms with Gasteiger partial charge < -0.3 is 8.98 Å². The molecule has 0 unspecified atom stereocenters. The van der Waals surface area contributed by atoms with Crippen LogP contribution in [0.4, 0.5) is 0 Å². The van der Waals surface area contributed by atoms with Gasteiger partial charge in [0.1, 0.15) is 17.0 Å². The largest absolute Gasteiger partial charge is 0.456 e. The summed E-state index contributed by atoms with van der Waals surface area (Å²) in [4.78, 5) is 10.4. The lowest BCUT2D eigenvalue weighted by atomic mass is 9.92. The summed E-state index contributed by atoms with van der Waals surface area (Å²) >= 11 is 0. The van der Waals surface area contributed by atoms with Gasteiger partial charge in [-0.15, -0.1) is 0 Å². The van der Waals surface area contributed by atoms with E-state index in [2.05, 4.69) is 4.57 Å². The van der Waals surface area contributed by atoms with E-state index in [9.17, 15) is 11.0 Å². The minimum Gasteiger partial charge on any atom is -0.456 e. The minimum absolute atomic E-state index is 0.0515. The van der Waals surface area contributed by atoms with Crippen molar-refractivity contribution in [3.8, 4) is 39.8 Å². The Kier molecular flexibility index (Phi) is 4.79. The van der Waals surface area contributed by atoms with Gasteiger partial charge in [0.25, 0.3) is 0 Å². The summed E-state index contributed by atoms with van der Waals surface area (Å²) in [6.45, 7) is 0. The number of rotatable bonds is 5. The molecule has 0 N–H and O–H groups in total. The SMILES string of the molecule is [2H]c1c([2H])c([2H])c2c(c1[2H])c1c([2H])c([2H])c([2H])c([2H])c1n2-c1cc(-c2c(-c3cccc4oc5ccccc5c34)cccc2-n2c3ccccc3c3ccccc32)nc(-n2c3c([2H])c([2H])c([2H])c([2H])c3c3c([2H])c([2H])c([2H])c([2H])c32)n1. The number of hydrogen-bond donors (Lipinski definition) is 0. The smallest absolute Gasteiger partial charge is 0.237 e. The predicted octanol–water partition coefficient (Wildman–Crippen LogP) is 15.0. The molecule has 0 amide bonds. The van der Waals surface area contributed by atoms with Crippen LogP contribution in [0.15, 0.2) is 216 Å². The van der Waals surface area contributed by atoms with Crippen molar-refractivity contribution in [1.29, 1.82) is 0 Å². The summed E-state index contributed by atoms with van der Waals surface area (Å²) in [6.07, 6.45) is 0. The fourth-order valence-electron chi connectivity index (χ4n) is 9.44. The summed E-state index contributed by atoms with van der Waals surface area (Å²) < 4.78 is 157. The summed E-state index contributed by atoms with van der Waals surface area (Å²) in [5.74, 6) is -0.703. The van der Waals surface area contributed by atoms with Crippen molar-refractivity contribution in [2.45, 2.75) is 0 Å². The Morgan fingerprint density at radius 3 is 1.52 bits per heavy atom. The number of aromatic nitrogens is 5. The number of fused-ring (bicyclic) bond motifs is 12. The van der Waals surface area contributed by atoms with E-state index in [0.717, 1.165) is 37.1 Å². The number of benzene rings is 9. The van der Waals surface area contributed by atoms with E-state index in [-0.39, 0.29) is 55.1 Å². The van der Waals surface area contributed by atoms with Gasteiger partial charge in [0.05, 0.1) is 66.4 Å². The predicted molar refractivity (Wildman–Crippen MR) is 263 cm³/mol. The van der Waals surface area contributed by atoms with Crippen molar-refractivity contribution in [2.24, 2.45) is 0 Å². The molecule has 0 saturated carbocycles. The molecule has 0 aliphatic carbocycles. The van der Waals surface area contributed by atoms with Gasteiger partial charge in [-0.25, -0.2) is 4.98 Å². The van der Waals surface area contributed by atoms with Crippen LogP contribution in [0.5, 0.6) is 0 Å². The van der Waals surface area contributed by atoms with Crippen LogP contribution in [-0.4, -0.2) is 23.7 Å². The maximum Gasteiger partial charge on any atom is 0.237 e. The summed E-state index contributed by atoms with van der Waals surface area (Å²) in [7, 11) is 0. The first-order chi connectivity index (χ1) is 38.4. The Bertz CT molecular complexity index is 4790. The van der Waals surface area contributed by atoms with Gasteiger partial charge in [-0.05, 0) is 65.6 Å². The third kappa shape index (κ3) is 4.90. The van der Waals surface area contributed by atoms with Crippen LogP contribution < -0.4 is 0 Å². The molecule has 14 aromatic rings. The van der Waals surface area contributed by atoms with E-state index < -0.39 is 103 Å². The van der Waals surface area contributed by atoms with Gasteiger partial charge in [0, 0.05) is 54.7 Å². The van der Waals surface area contributed by atoms with Crippen LogP contribution >= 0.6 is 0 Å². The van der Waals surface area contributed by atoms with Crippen LogP contribution in [0.1, 0.15) is 21.9 Å². The third-order valence-electron chi connectivity index (χ3n) is 12.0. The van der Waals surface area contributed by atoms with Crippen molar-refractivity contribution in [3.63, 3.8) is 0 Å². The second-order valence-corrected chi connectivity index (χ2v) is 15.3. The van der Waals surface area contributed by atoms with Crippen LogP contribution in [0.2, 0.25) is 0 Å². The lowest BCUT2D eigenvalue weighted by Crippen LogP contribution is -2.09. The molecule has 0 spiro atoms. The second-order valence-electron chi connectivity index (χ2n) is 15.3. The fraction of sp³-hybridized carbons (Fsp3) is 0. The Labute approximate surface area is 388 Å². The van der Waals surface area contributed by atoms with Gasteiger partial charge in [-0.2, -0.15) is 4.98 Å². The van der Waals surface area contributed by atoms with Crippen molar-refractivity contribution >= 4 is 87.4 Å². The topological polar surface area (TPSA) is 53.7 Å². The lowest BCUT2D eigenvalue weighted by Gasteiger charge is -2.20. The third-order valence-corrected chi connectivity index (χ3v) is 12.0. The molecule has 6 nitrogen and oxygen atoms in total. The molecule has 0 aliphatic heterocycles. The molecule has 64 heavy (non-hydrogen) atoms. The van der Waals surface area contributed by atoms with E-state index in [1.807, 2.05) is 109 Å². The Hall–Kier alpha value is -8.74. The molecule has 9 aromatic carbocycles. The fourth-order valence-corrected chi connectivity index (χ4v) is 9.44. The normalized spacial score (nSPS) is 15.6. The number of hydrogen-bond acceptors (Lipinski definition) is 3. The first-order valence-electron chi connectivity index (χ1n) is 28.4. The number of para-hydroxylation sites is 7. The van der Waals surface area contributed by atoms with Crippen molar-refractivity contribution in [1.82, 2.24) is 23.7 Å². The standard InChI is InChI=1S/C58H35N5O/c1-8-26-46-36(17-1)37-18-2-9-27-47(37)61(46)52-32-15-24-43(42-25-16-34-54-56(42)44-23-7-14-33-53(44)64-54)57(52)45-35-55(62-48-28-10-3-19-38(48)39-20-4-11-29-49(39)62)60-58(59-45)63-50-30-12-5-21-40(50)41-22-6-13-31-51(41)63/h1-35H/i3D,4D,5D,6D,10D,11D,12D,13D,19D,20D,21D,22D,28D,29D,30D,31D. The molecule has 5 heterocycles. The van der Waals surface area contributed by atoms with Crippen LogP contribution in [-0.2, 0) is 0 Å². The molecular formula is C58H35N5O. The molecule has 0 fully saturated rings. The highest BCUT2D eigenvalue weighted by Gasteiger charge is 2.25. The highest BCUT2D eigenvalue weighted by molar-refractivity contribution is 6.16. The van der Waals surface area contributed by atoms with E-state index in [1.165, 1.54) is 10.6 Å². The quantitative estimate of drug-likeness (QED) is 0.174. The maximum absolute atomic E-state index is 9.51. The Morgan fingerprint density at radius 2 is 0.891 bits per heavy atom. The van der Waals surface area contributed by atoms with E-state index >= 15 is 0 Å². The van der Waals surface area contributed by atoms with Crippen molar-refractivity contribution in [3.05, 3.63) is 212 Å². The van der Waals surface area contributed by atoms with Gasteiger partial charge in [0.2, 0.25) is 5.95 Å². The van der Waals surface area contributed by atoms with E-state index in [1.54, 1.807) is 0 Å².